The zero-order valence-electron chi connectivity index (χ0n) is 14.7. The standard InChI is InChI=1S/C18H20N6OS/c1-11-4-3-5-14(25-2)17(11)13-9-21-24-18(23-13)20-10-16-22-12-8-19-7-6-15(12)26-16/h3-5,9,19H,6-8,10H2,1-2H3,(H,20,23,24). The maximum Gasteiger partial charge on any atom is 0.243 e. The number of aromatic nitrogens is 4. The second-order valence-corrected chi connectivity index (χ2v) is 7.24. The average molecular weight is 368 g/mol. The first-order chi connectivity index (χ1) is 12.7. The molecular weight excluding hydrogens is 348 g/mol. The molecule has 134 valence electrons. The molecule has 0 saturated carbocycles. The van der Waals surface area contributed by atoms with Gasteiger partial charge >= 0.3 is 0 Å². The summed E-state index contributed by atoms with van der Waals surface area (Å²) in [6.45, 7) is 4.50. The monoisotopic (exact) mass is 368 g/mol. The van der Waals surface area contributed by atoms with E-state index in [0.717, 1.165) is 52.8 Å². The summed E-state index contributed by atoms with van der Waals surface area (Å²) in [4.78, 5) is 10.7. The molecule has 0 spiro atoms. The average Bonchev–Trinajstić information content (AvgIpc) is 3.09. The van der Waals surface area contributed by atoms with Crippen molar-refractivity contribution in [3.05, 3.63) is 45.5 Å². The molecule has 0 atom stereocenters. The Kier molecular flexibility index (Phi) is 4.77. The maximum atomic E-state index is 5.47. The minimum absolute atomic E-state index is 0.485. The fourth-order valence-corrected chi connectivity index (χ4v) is 4.07. The molecule has 0 radical (unpaired) electrons. The second-order valence-electron chi connectivity index (χ2n) is 6.08. The van der Waals surface area contributed by atoms with Gasteiger partial charge in [-0.25, -0.2) is 9.97 Å². The highest BCUT2D eigenvalue weighted by atomic mass is 32.1. The number of methoxy groups -OCH3 is 1. The first-order valence-corrected chi connectivity index (χ1v) is 9.32. The van der Waals surface area contributed by atoms with Crippen molar-refractivity contribution in [1.29, 1.82) is 0 Å². The van der Waals surface area contributed by atoms with Crippen LogP contribution in [0.3, 0.4) is 0 Å². The molecule has 0 aliphatic carbocycles. The Morgan fingerprint density at radius 1 is 1.31 bits per heavy atom. The van der Waals surface area contributed by atoms with Crippen LogP contribution in [0.2, 0.25) is 0 Å². The number of hydrogen-bond donors (Lipinski definition) is 2. The third-order valence-electron chi connectivity index (χ3n) is 4.31. The molecule has 0 bridgehead atoms. The molecular formula is C18H20N6OS. The van der Waals surface area contributed by atoms with Gasteiger partial charge in [0.15, 0.2) is 0 Å². The maximum absolute atomic E-state index is 5.47. The summed E-state index contributed by atoms with van der Waals surface area (Å²) in [5.41, 5.74) is 3.91. The molecule has 1 aliphatic heterocycles. The molecule has 2 aromatic heterocycles. The van der Waals surface area contributed by atoms with Crippen molar-refractivity contribution < 1.29 is 4.74 Å². The summed E-state index contributed by atoms with van der Waals surface area (Å²) in [6, 6.07) is 5.91. The number of nitrogens with one attached hydrogen (secondary N) is 2. The van der Waals surface area contributed by atoms with E-state index in [-0.39, 0.29) is 0 Å². The molecule has 1 aliphatic rings. The molecule has 0 unspecified atom stereocenters. The number of ether oxygens (including phenoxy) is 1. The van der Waals surface area contributed by atoms with E-state index in [9.17, 15) is 0 Å². The van der Waals surface area contributed by atoms with E-state index in [1.807, 2.05) is 25.1 Å². The number of aryl methyl sites for hydroxylation is 1. The van der Waals surface area contributed by atoms with E-state index < -0.39 is 0 Å². The predicted molar refractivity (Wildman–Crippen MR) is 101 cm³/mol. The van der Waals surface area contributed by atoms with E-state index in [1.165, 1.54) is 4.88 Å². The molecule has 4 rings (SSSR count). The minimum atomic E-state index is 0.485. The number of thiazole rings is 1. The van der Waals surface area contributed by atoms with Crippen LogP contribution in [0.25, 0.3) is 11.3 Å². The van der Waals surface area contributed by atoms with Crippen LogP contribution in [-0.4, -0.2) is 33.8 Å². The minimum Gasteiger partial charge on any atom is -0.496 e. The van der Waals surface area contributed by atoms with Gasteiger partial charge in [0.1, 0.15) is 10.8 Å². The number of fused-ring (bicyclic) bond motifs is 1. The van der Waals surface area contributed by atoms with Crippen LogP contribution in [0.15, 0.2) is 24.4 Å². The SMILES string of the molecule is COc1cccc(C)c1-c1cnnc(NCc2nc3c(s2)CCNC3)n1. The van der Waals surface area contributed by atoms with E-state index in [1.54, 1.807) is 24.6 Å². The van der Waals surface area contributed by atoms with Crippen LogP contribution in [0.5, 0.6) is 5.75 Å². The highest BCUT2D eigenvalue weighted by molar-refractivity contribution is 7.11. The lowest BCUT2D eigenvalue weighted by Gasteiger charge is -2.11. The van der Waals surface area contributed by atoms with Crippen LogP contribution in [-0.2, 0) is 19.5 Å². The van der Waals surface area contributed by atoms with Crippen LogP contribution >= 0.6 is 11.3 Å². The van der Waals surface area contributed by atoms with Gasteiger partial charge in [-0.15, -0.1) is 16.4 Å². The zero-order valence-corrected chi connectivity index (χ0v) is 15.6. The molecule has 8 heteroatoms. The van der Waals surface area contributed by atoms with Crippen molar-refractivity contribution >= 4 is 17.3 Å². The third kappa shape index (κ3) is 3.38. The number of benzene rings is 1. The van der Waals surface area contributed by atoms with Crippen molar-refractivity contribution in [3.8, 4) is 17.0 Å². The molecule has 3 aromatic rings. The van der Waals surface area contributed by atoms with E-state index in [2.05, 4.69) is 30.8 Å². The van der Waals surface area contributed by atoms with E-state index in [4.69, 9.17) is 4.74 Å². The van der Waals surface area contributed by atoms with Gasteiger partial charge in [-0.1, -0.05) is 12.1 Å². The summed E-state index contributed by atoms with van der Waals surface area (Å²) < 4.78 is 5.47. The van der Waals surface area contributed by atoms with Gasteiger partial charge in [0.25, 0.3) is 0 Å². The molecule has 1 aromatic carbocycles. The summed E-state index contributed by atoms with van der Waals surface area (Å²) in [5, 5.41) is 15.8. The van der Waals surface area contributed by atoms with E-state index >= 15 is 0 Å². The third-order valence-corrected chi connectivity index (χ3v) is 5.47. The van der Waals surface area contributed by atoms with Gasteiger partial charge in [0.2, 0.25) is 5.95 Å². The van der Waals surface area contributed by atoms with Crippen molar-refractivity contribution in [3.63, 3.8) is 0 Å². The number of anilines is 1. The van der Waals surface area contributed by atoms with Gasteiger partial charge in [-0.05, 0) is 25.0 Å². The Morgan fingerprint density at radius 3 is 3.08 bits per heavy atom. The number of hydrogen-bond acceptors (Lipinski definition) is 8. The highest BCUT2D eigenvalue weighted by Gasteiger charge is 2.15. The lowest BCUT2D eigenvalue weighted by molar-refractivity contribution is 0.416. The van der Waals surface area contributed by atoms with E-state index in [0.29, 0.717) is 12.5 Å². The summed E-state index contributed by atoms with van der Waals surface area (Å²) >= 11 is 1.75. The molecule has 0 fully saturated rings. The highest BCUT2D eigenvalue weighted by Crippen LogP contribution is 2.31. The van der Waals surface area contributed by atoms with Crippen LogP contribution in [0.4, 0.5) is 5.95 Å². The first kappa shape index (κ1) is 16.9. The van der Waals surface area contributed by atoms with Gasteiger partial charge < -0.3 is 15.4 Å². The topological polar surface area (TPSA) is 84.9 Å². The Bertz CT molecular complexity index is 902. The van der Waals surface area contributed by atoms with Crippen molar-refractivity contribution in [2.45, 2.75) is 26.4 Å². The van der Waals surface area contributed by atoms with Crippen LogP contribution in [0, 0.1) is 6.92 Å². The van der Waals surface area contributed by atoms with Crippen LogP contribution in [0.1, 0.15) is 21.1 Å². The second kappa shape index (κ2) is 7.35. The lowest BCUT2D eigenvalue weighted by atomic mass is 10.1. The molecule has 0 saturated heterocycles. The molecule has 26 heavy (non-hydrogen) atoms. The summed E-state index contributed by atoms with van der Waals surface area (Å²) in [6.07, 6.45) is 2.71. The van der Waals surface area contributed by atoms with Crippen molar-refractivity contribution in [1.82, 2.24) is 25.5 Å². The summed E-state index contributed by atoms with van der Waals surface area (Å²) in [7, 11) is 1.66. The van der Waals surface area contributed by atoms with Gasteiger partial charge in [-0.3, -0.25) is 0 Å². The fourth-order valence-electron chi connectivity index (χ4n) is 3.05. The smallest absolute Gasteiger partial charge is 0.243 e. The first-order valence-electron chi connectivity index (χ1n) is 8.50. The van der Waals surface area contributed by atoms with Gasteiger partial charge in [-0.2, -0.15) is 5.10 Å². The van der Waals surface area contributed by atoms with Gasteiger partial charge in [0.05, 0.1) is 31.2 Å². The lowest BCUT2D eigenvalue weighted by Crippen LogP contribution is -2.22. The number of nitrogens with zero attached hydrogens (tertiary/aromatic N) is 4. The van der Waals surface area contributed by atoms with Crippen molar-refractivity contribution in [2.75, 3.05) is 19.0 Å². The molecule has 2 N–H and O–H groups in total. The Morgan fingerprint density at radius 2 is 2.23 bits per heavy atom. The van der Waals surface area contributed by atoms with Crippen LogP contribution < -0.4 is 15.4 Å². The Hall–Kier alpha value is -2.58. The fraction of sp³-hybridized carbons (Fsp3) is 0.333. The zero-order chi connectivity index (χ0) is 17.9. The normalized spacial score (nSPS) is 13.3. The van der Waals surface area contributed by atoms with Crippen molar-refractivity contribution in [2.24, 2.45) is 0 Å². The molecule has 3 heterocycles. The predicted octanol–water partition coefficient (Wildman–Crippen LogP) is 2.57. The Labute approximate surface area is 155 Å². The van der Waals surface area contributed by atoms with Gasteiger partial charge in [0, 0.05) is 23.5 Å². The molecule has 0 amide bonds. The number of rotatable bonds is 5. The summed E-state index contributed by atoms with van der Waals surface area (Å²) in [5.74, 6) is 1.26. The Balaban J connectivity index is 1.54. The largest absolute Gasteiger partial charge is 0.496 e. The molecule has 7 nitrogen and oxygen atoms in total. The quantitative estimate of drug-likeness (QED) is 0.716.